The fourth-order valence-corrected chi connectivity index (χ4v) is 3.32. The second-order valence-electron chi connectivity index (χ2n) is 6.40. The zero-order valence-corrected chi connectivity index (χ0v) is 14.6. The molecule has 24 heavy (non-hydrogen) atoms. The minimum Gasteiger partial charge on any atom is -0.385 e. The molecular formula is C20H24ClNO2. The fourth-order valence-electron chi connectivity index (χ4n) is 3.19. The number of benzene rings is 2. The molecule has 3 rings (SSSR count). The Labute approximate surface area is 148 Å². The van der Waals surface area contributed by atoms with E-state index in [1.807, 2.05) is 54.6 Å². The smallest absolute Gasteiger partial charge is 0.0948 e. The Morgan fingerprint density at radius 2 is 1.67 bits per heavy atom. The number of aliphatic hydroxyl groups is 1. The maximum atomic E-state index is 11.4. The van der Waals surface area contributed by atoms with Gasteiger partial charge in [-0.05, 0) is 29.7 Å². The molecule has 2 aromatic carbocycles. The van der Waals surface area contributed by atoms with Crippen LogP contribution in [0, 0.1) is 0 Å². The van der Waals surface area contributed by atoms with Crippen LogP contribution in [0.3, 0.4) is 0 Å². The molecule has 128 valence electrons. The second kappa shape index (κ2) is 8.13. The summed E-state index contributed by atoms with van der Waals surface area (Å²) in [5.41, 5.74) is 1.17. The van der Waals surface area contributed by atoms with Crippen LogP contribution in [0.25, 0.3) is 0 Å². The third-order valence-electron chi connectivity index (χ3n) is 4.67. The molecular weight excluding hydrogens is 322 g/mol. The maximum absolute atomic E-state index is 11.4. The molecule has 1 aliphatic heterocycles. The number of hydrogen-bond acceptors (Lipinski definition) is 3. The van der Waals surface area contributed by atoms with E-state index < -0.39 is 5.60 Å². The number of hydrogen-bond donors (Lipinski definition) is 1. The lowest BCUT2D eigenvalue weighted by molar-refractivity contribution is -0.00451. The molecule has 1 N–H and O–H groups in total. The van der Waals surface area contributed by atoms with Crippen molar-refractivity contribution in [1.29, 1.82) is 0 Å². The van der Waals surface area contributed by atoms with Crippen molar-refractivity contribution in [2.45, 2.75) is 18.4 Å². The van der Waals surface area contributed by atoms with Crippen molar-refractivity contribution < 1.29 is 9.84 Å². The van der Waals surface area contributed by atoms with E-state index in [2.05, 4.69) is 4.90 Å². The molecule has 0 radical (unpaired) electrons. The van der Waals surface area contributed by atoms with Crippen LogP contribution in [-0.2, 0) is 16.8 Å². The van der Waals surface area contributed by atoms with E-state index >= 15 is 0 Å². The Morgan fingerprint density at radius 1 is 1.00 bits per heavy atom. The maximum Gasteiger partial charge on any atom is 0.0948 e. The molecule has 0 amide bonds. The molecule has 1 fully saturated rings. The zero-order valence-electron chi connectivity index (χ0n) is 13.8. The SMILES string of the molecule is OC(CCN1CCOCC1)(Cc1ccc(Cl)cc1)c1ccccc1. The highest BCUT2D eigenvalue weighted by atomic mass is 35.5. The average Bonchev–Trinajstić information content (AvgIpc) is 2.64. The summed E-state index contributed by atoms with van der Waals surface area (Å²) in [7, 11) is 0. The van der Waals surface area contributed by atoms with Gasteiger partial charge in [0.2, 0.25) is 0 Å². The first-order valence-corrected chi connectivity index (χ1v) is 8.86. The number of rotatable bonds is 6. The molecule has 0 bridgehead atoms. The molecule has 1 unspecified atom stereocenters. The Hall–Kier alpha value is -1.39. The standard InChI is InChI=1S/C20H24ClNO2/c21-19-8-6-17(7-9-19)16-20(23,18-4-2-1-3-5-18)10-11-22-12-14-24-15-13-22/h1-9,23H,10-16H2. The summed E-state index contributed by atoms with van der Waals surface area (Å²) in [5, 5.41) is 12.2. The number of morpholine rings is 1. The van der Waals surface area contributed by atoms with Crippen LogP contribution in [0.2, 0.25) is 5.02 Å². The van der Waals surface area contributed by atoms with Gasteiger partial charge in [-0.15, -0.1) is 0 Å². The predicted octanol–water partition coefficient (Wildman–Crippen LogP) is 3.49. The normalized spacial score (nSPS) is 18.2. The quantitative estimate of drug-likeness (QED) is 0.869. The zero-order chi connectivity index (χ0) is 16.8. The summed E-state index contributed by atoms with van der Waals surface area (Å²) >= 11 is 5.98. The predicted molar refractivity (Wildman–Crippen MR) is 97.4 cm³/mol. The van der Waals surface area contributed by atoms with E-state index in [1.54, 1.807) is 0 Å². The summed E-state index contributed by atoms with van der Waals surface area (Å²) in [6, 6.07) is 17.7. The molecule has 0 aromatic heterocycles. The summed E-state index contributed by atoms with van der Waals surface area (Å²) in [5.74, 6) is 0. The van der Waals surface area contributed by atoms with Crippen LogP contribution < -0.4 is 0 Å². The minimum atomic E-state index is -0.882. The summed E-state index contributed by atoms with van der Waals surface area (Å²) < 4.78 is 5.41. The van der Waals surface area contributed by atoms with Crippen LogP contribution in [0.15, 0.2) is 54.6 Å². The Kier molecular flexibility index (Phi) is 5.90. The van der Waals surface area contributed by atoms with Crippen molar-refractivity contribution in [3.05, 3.63) is 70.7 Å². The number of ether oxygens (including phenoxy) is 1. The lowest BCUT2D eigenvalue weighted by Gasteiger charge is -2.33. The van der Waals surface area contributed by atoms with Crippen molar-refractivity contribution in [2.24, 2.45) is 0 Å². The van der Waals surface area contributed by atoms with Gasteiger partial charge in [0, 0.05) is 31.1 Å². The third-order valence-corrected chi connectivity index (χ3v) is 4.92. The van der Waals surface area contributed by atoms with Gasteiger partial charge in [-0.25, -0.2) is 0 Å². The average molecular weight is 346 g/mol. The van der Waals surface area contributed by atoms with E-state index in [-0.39, 0.29) is 0 Å². The first-order valence-electron chi connectivity index (χ1n) is 8.48. The number of halogens is 1. The molecule has 0 spiro atoms. The largest absolute Gasteiger partial charge is 0.385 e. The Balaban J connectivity index is 1.76. The van der Waals surface area contributed by atoms with Crippen molar-refractivity contribution >= 4 is 11.6 Å². The van der Waals surface area contributed by atoms with Crippen LogP contribution in [0.1, 0.15) is 17.5 Å². The van der Waals surface area contributed by atoms with E-state index in [1.165, 1.54) is 0 Å². The van der Waals surface area contributed by atoms with Gasteiger partial charge in [-0.2, -0.15) is 0 Å². The van der Waals surface area contributed by atoms with Gasteiger partial charge < -0.3 is 9.84 Å². The van der Waals surface area contributed by atoms with Crippen LogP contribution in [0.5, 0.6) is 0 Å². The Bertz CT molecular complexity index is 626. The molecule has 3 nitrogen and oxygen atoms in total. The van der Waals surface area contributed by atoms with Crippen molar-refractivity contribution in [3.8, 4) is 0 Å². The second-order valence-corrected chi connectivity index (χ2v) is 6.84. The van der Waals surface area contributed by atoms with Gasteiger partial charge in [0.05, 0.1) is 18.8 Å². The lowest BCUT2D eigenvalue weighted by atomic mass is 9.84. The van der Waals surface area contributed by atoms with Gasteiger partial charge in [0.15, 0.2) is 0 Å². The third kappa shape index (κ3) is 4.58. The first-order chi connectivity index (χ1) is 11.7. The molecule has 2 aromatic rings. The van der Waals surface area contributed by atoms with Crippen molar-refractivity contribution in [2.75, 3.05) is 32.8 Å². The van der Waals surface area contributed by atoms with Gasteiger partial charge >= 0.3 is 0 Å². The van der Waals surface area contributed by atoms with Gasteiger partial charge in [-0.1, -0.05) is 54.1 Å². The van der Waals surface area contributed by atoms with Crippen LogP contribution in [0.4, 0.5) is 0 Å². The molecule has 1 aliphatic rings. The first kappa shape index (κ1) is 17.4. The summed E-state index contributed by atoms with van der Waals surface area (Å²) in [4.78, 5) is 2.36. The highest BCUT2D eigenvalue weighted by Crippen LogP contribution is 2.30. The number of nitrogens with zero attached hydrogens (tertiary/aromatic N) is 1. The van der Waals surface area contributed by atoms with Crippen molar-refractivity contribution in [1.82, 2.24) is 4.90 Å². The molecule has 0 saturated carbocycles. The van der Waals surface area contributed by atoms with Crippen molar-refractivity contribution in [3.63, 3.8) is 0 Å². The Morgan fingerprint density at radius 3 is 2.33 bits per heavy atom. The molecule has 1 atom stereocenters. The highest BCUT2D eigenvalue weighted by molar-refractivity contribution is 6.30. The van der Waals surface area contributed by atoms with E-state index in [0.717, 1.165) is 49.0 Å². The van der Waals surface area contributed by atoms with Gasteiger partial charge in [-0.3, -0.25) is 4.90 Å². The van der Waals surface area contributed by atoms with E-state index in [0.29, 0.717) is 12.8 Å². The highest BCUT2D eigenvalue weighted by Gasteiger charge is 2.30. The monoisotopic (exact) mass is 345 g/mol. The lowest BCUT2D eigenvalue weighted by Crippen LogP contribution is -2.40. The van der Waals surface area contributed by atoms with E-state index in [9.17, 15) is 5.11 Å². The summed E-state index contributed by atoms with van der Waals surface area (Å²) in [6.07, 6.45) is 1.28. The van der Waals surface area contributed by atoms with Gasteiger partial charge in [0.25, 0.3) is 0 Å². The summed E-state index contributed by atoms with van der Waals surface area (Å²) in [6.45, 7) is 4.29. The molecule has 1 saturated heterocycles. The molecule has 0 aliphatic carbocycles. The van der Waals surface area contributed by atoms with Crippen LogP contribution >= 0.6 is 11.6 Å². The molecule has 4 heteroatoms. The topological polar surface area (TPSA) is 32.7 Å². The van der Waals surface area contributed by atoms with Crippen LogP contribution in [-0.4, -0.2) is 42.9 Å². The fraction of sp³-hybridized carbons (Fsp3) is 0.400. The van der Waals surface area contributed by atoms with Gasteiger partial charge in [0.1, 0.15) is 0 Å². The van der Waals surface area contributed by atoms with E-state index in [4.69, 9.17) is 16.3 Å². The minimum absolute atomic E-state index is 0.582. The molecule has 1 heterocycles.